The van der Waals surface area contributed by atoms with Crippen LogP contribution in [0.5, 0.6) is 0 Å². The molecule has 3 heterocycles. The van der Waals surface area contributed by atoms with Crippen molar-refractivity contribution >= 4 is 29.4 Å². The third-order valence-corrected chi connectivity index (χ3v) is 7.77. The number of fused-ring (bicyclic) bond motifs is 1. The zero-order valence-electron chi connectivity index (χ0n) is 21.2. The van der Waals surface area contributed by atoms with Gasteiger partial charge in [-0.3, -0.25) is 24.6 Å². The number of β-lactam (4-membered cyclic amide) rings is 1. The predicted molar refractivity (Wildman–Crippen MR) is 132 cm³/mol. The topological polar surface area (TPSA) is 153 Å². The number of nitrogens with two attached hydrogens (primary N) is 1. The Labute approximate surface area is 214 Å². The van der Waals surface area contributed by atoms with Crippen LogP contribution in [0, 0.1) is 33.8 Å². The van der Waals surface area contributed by atoms with E-state index in [4.69, 9.17) is 10.5 Å². The normalized spacial score (nSPS) is 25.3. The average molecular weight is 513 g/mol. The highest BCUT2D eigenvalue weighted by atomic mass is 16.6. The molecular formula is C26H32N4O7. The van der Waals surface area contributed by atoms with Crippen molar-refractivity contribution in [1.82, 2.24) is 9.80 Å². The molecule has 4 atom stereocenters. The van der Waals surface area contributed by atoms with Crippen LogP contribution in [0.3, 0.4) is 0 Å². The van der Waals surface area contributed by atoms with Crippen molar-refractivity contribution in [3.05, 3.63) is 51.2 Å². The van der Waals surface area contributed by atoms with Crippen molar-refractivity contribution in [2.75, 3.05) is 19.6 Å². The Morgan fingerprint density at radius 2 is 1.86 bits per heavy atom. The van der Waals surface area contributed by atoms with Gasteiger partial charge in [0.25, 0.3) is 5.69 Å². The van der Waals surface area contributed by atoms with E-state index in [9.17, 15) is 29.3 Å². The molecule has 11 nitrogen and oxygen atoms in total. The minimum atomic E-state index is -0.941. The SMILES string of the molecule is CC(C)[C@H]1C(=O)N2C(C(=O)OC(=O)c3ccc([N+](=O)[O-])cc3)=C(CN3CC[C@H](CCC(N)=O)C3)[C@H](C)[C@H]12. The summed E-state index contributed by atoms with van der Waals surface area (Å²) in [7, 11) is 0. The van der Waals surface area contributed by atoms with E-state index in [1.54, 1.807) is 0 Å². The summed E-state index contributed by atoms with van der Waals surface area (Å²) in [5.41, 5.74) is 5.98. The fourth-order valence-corrected chi connectivity index (χ4v) is 5.82. The molecule has 4 rings (SSSR count). The second kappa shape index (κ2) is 10.4. The largest absolute Gasteiger partial charge is 0.385 e. The van der Waals surface area contributed by atoms with E-state index < -0.39 is 16.9 Å². The first-order chi connectivity index (χ1) is 17.5. The maximum atomic E-state index is 13.3. The van der Waals surface area contributed by atoms with Crippen LogP contribution in [0.15, 0.2) is 35.5 Å². The molecule has 0 aliphatic carbocycles. The van der Waals surface area contributed by atoms with Gasteiger partial charge in [-0.15, -0.1) is 0 Å². The third kappa shape index (κ3) is 5.13. The summed E-state index contributed by atoms with van der Waals surface area (Å²) in [4.78, 5) is 64.2. The summed E-state index contributed by atoms with van der Waals surface area (Å²) >= 11 is 0. The lowest BCUT2D eigenvalue weighted by molar-refractivity contribution is -0.384. The van der Waals surface area contributed by atoms with Gasteiger partial charge in [0.15, 0.2) is 0 Å². The van der Waals surface area contributed by atoms with Gasteiger partial charge in [-0.2, -0.15) is 0 Å². The Kier molecular flexibility index (Phi) is 7.44. The van der Waals surface area contributed by atoms with Crippen molar-refractivity contribution in [2.45, 2.75) is 46.1 Å². The molecule has 2 N–H and O–H groups in total. The minimum Gasteiger partial charge on any atom is -0.385 e. The molecule has 0 unspecified atom stereocenters. The first-order valence-electron chi connectivity index (χ1n) is 12.6. The summed E-state index contributed by atoms with van der Waals surface area (Å²) < 4.78 is 5.18. The molecule has 11 heteroatoms. The van der Waals surface area contributed by atoms with Gasteiger partial charge in [0.1, 0.15) is 5.70 Å². The van der Waals surface area contributed by atoms with Gasteiger partial charge in [0.05, 0.1) is 22.4 Å². The number of hydrogen-bond acceptors (Lipinski definition) is 8. The molecule has 0 bridgehead atoms. The van der Waals surface area contributed by atoms with Gasteiger partial charge in [0.2, 0.25) is 11.8 Å². The first kappa shape index (κ1) is 26.5. The summed E-state index contributed by atoms with van der Waals surface area (Å²) in [6.45, 7) is 7.94. The number of carbonyl (C=O) groups excluding carboxylic acids is 4. The molecule has 0 saturated carbocycles. The Hall–Kier alpha value is -3.60. The molecule has 0 spiro atoms. The molecule has 37 heavy (non-hydrogen) atoms. The molecule has 0 aromatic heterocycles. The lowest BCUT2D eigenvalue weighted by Gasteiger charge is -2.47. The van der Waals surface area contributed by atoms with E-state index in [-0.39, 0.29) is 52.6 Å². The number of amides is 2. The second-order valence-corrected chi connectivity index (χ2v) is 10.5. The minimum absolute atomic E-state index is 0.00414. The van der Waals surface area contributed by atoms with Crippen molar-refractivity contribution in [3.8, 4) is 0 Å². The number of primary amides is 1. The Balaban J connectivity index is 1.54. The molecule has 3 aliphatic heterocycles. The quantitative estimate of drug-likeness (QED) is 0.174. The van der Waals surface area contributed by atoms with Crippen LogP contribution >= 0.6 is 0 Å². The number of nitrogens with zero attached hydrogens (tertiary/aromatic N) is 3. The summed E-state index contributed by atoms with van der Waals surface area (Å²) in [5.74, 6) is -2.20. The van der Waals surface area contributed by atoms with Crippen molar-refractivity contribution in [2.24, 2.45) is 29.4 Å². The lowest BCUT2D eigenvalue weighted by atomic mass is 9.74. The fraction of sp³-hybridized carbons (Fsp3) is 0.538. The fourth-order valence-electron chi connectivity index (χ4n) is 5.82. The van der Waals surface area contributed by atoms with Gasteiger partial charge < -0.3 is 15.4 Å². The number of hydrogen-bond donors (Lipinski definition) is 1. The van der Waals surface area contributed by atoms with Gasteiger partial charge in [-0.25, -0.2) is 9.59 Å². The van der Waals surface area contributed by atoms with Crippen LogP contribution in [-0.2, 0) is 19.1 Å². The predicted octanol–water partition coefficient (Wildman–Crippen LogP) is 2.25. The average Bonchev–Trinajstić information content (AvgIpc) is 3.38. The molecule has 198 valence electrons. The van der Waals surface area contributed by atoms with E-state index in [1.807, 2.05) is 20.8 Å². The van der Waals surface area contributed by atoms with Crippen LogP contribution < -0.4 is 5.73 Å². The smallest absolute Gasteiger partial charge is 0.362 e. The Morgan fingerprint density at radius 1 is 1.19 bits per heavy atom. The van der Waals surface area contributed by atoms with E-state index in [0.717, 1.165) is 37.2 Å². The van der Waals surface area contributed by atoms with Gasteiger partial charge in [0, 0.05) is 37.6 Å². The molecule has 0 radical (unpaired) electrons. The van der Waals surface area contributed by atoms with Gasteiger partial charge in [-0.1, -0.05) is 20.8 Å². The number of nitro benzene ring substituents is 1. The maximum Gasteiger partial charge on any atom is 0.362 e. The molecule has 1 aromatic carbocycles. The van der Waals surface area contributed by atoms with E-state index in [0.29, 0.717) is 25.3 Å². The monoisotopic (exact) mass is 512 g/mol. The number of benzene rings is 1. The summed E-state index contributed by atoms with van der Waals surface area (Å²) in [5, 5.41) is 10.9. The number of ether oxygens (including phenoxy) is 1. The molecule has 2 saturated heterocycles. The van der Waals surface area contributed by atoms with E-state index >= 15 is 0 Å². The molecular weight excluding hydrogens is 480 g/mol. The zero-order chi connectivity index (χ0) is 27.0. The van der Waals surface area contributed by atoms with Crippen LogP contribution in [0.25, 0.3) is 0 Å². The third-order valence-electron chi connectivity index (χ3n) is 7.77. The number of nitro groups is 1. The standard InChI is InChI=1S/C26H32N4O7/c1-14(2)21-22-15(3)19(13-28-11-10-16(12-28)4-9-20(27)31)23(29(22)24(21)32)26(34)37-25(33)17-5-7-18(8-6-17)30(35)36/h5-8,14-16,21-22H,4,9-13H2,1-3H3,(H2,27,31)/t15-,16-,21+,22+/m0/s1. The number of likely N-dealkylation sites (tertiary alicyclic amines) is 1. The van der Waals surface area contributed by atoms with Crippen LogP contribution in [0.4, 0.5) is 5.69 Å². The second-order valence-electron chi connectivity index (χ2n) is 10.5. The van der Waals surface area contributed by atoms with Gasteiger partial charge in [-0.05, 0) is 48.9 Å². The van der Waals surface area contributed by atoms with Crippen LogP contribution in [0.1, 0.15) is 50.4 Å². The number of rotatable bonds is 9. The summed E-state index contributed by atoms with van der Waals surface area (Å²) in [6, 6.07) is 4.60. The Morgan fingerprint density at radius 3 is 2.46 bits per heavy atom. The van der Waals surface area contributed by atoms with E-state index in [2.05, 4.69) is 4.90 Å². The van der Waals surface area contributed by atoms with Crippen molar-refractivity contribution in [3.63, 3.8) is 0 Å². The van der Waals surface area contributed by atoms with E-state index in [1.165, 1.54) is 17.0 Å². The van der Waals surface area contributed by atoms with Crippen molar-refractivity contribution in [1.29, 1.82) is 0 Å². The zero-order valence-corrected chi connectivity index (χ0v) is 21.2. The molecule has 1 aromatic rings. The highest BCUT2D eigenvalue weighted by Crippen LogP contribution is 2.49. The Bertz CT molecular complexity index is 1160. The molecule has 2 amide bonds. The number of carbonyl (C=O) groups is 4. The molecule has 3 aliphatic rings. The highest BCUT2D eigenvalue weighted by molar-refractivity contribution is 6.06. The lowest BCUT2D eigenvalue weighted by Crippen LogP contribution is -2.62. The van der Waals surface area contributed by atoms with Gasteiger partial charge >= 0.3 is 11.9 Å². The molecule has 2 fully saturated rings. The van der Waals surface area contributed by atoms with Crippen LogP contribution in [-0.4, -0.2) is 64.2 Å². The summed E-state index contributed by atoms with van der Waals surface area (Å²) in [6.07, 6.45) is 1.95. The van der Waals surface area contributed by atoms with Crippen molar-refractivity contribution < 1.29 is 28.8 Å². The maximum absolute atomic E-state index is 13.3. The van der Waals surface area contributed by atoms with Crippen LogP contribution in [0.2, 0.25) is 0 Å². The number of esters is 2. The number of non-ortho nitro benzene ring substituents is 1. The highest BCUT2D eigenvalue weighted by Gasteiger charge is 2.59. The first-order valence-corrected chi connectivity index (χ1v) is 12.6.